The summed E-state index contributed by atoms with van der Waals surface area (Å²) in [6.45, 7) is 0.377. The molecule has 1 saturated carbocycles. The fourth-order valence-electron chi connectivity index (χ4n) is 2.57. The normalized spacial score (nSPS) is 18.5. The van der Waals surface area contributed by atoms with Crippen molar-refractivity contribution in [1.29, 1.82) is 0 Å². The Morgan fingerprint density at radius 2 is 2.04 bits per heavy atom. The molecule has 5 nitrogen and oxygen atoms in total. The van der Waals surface area contributed by atoms with Gasteiger partial charge < -0.3 is 10.4 Å². The van der Waals surface area contributed by atoms with Gasteiger partial charge in [-0.05, 0) is 71.2 Å². The molecule has 3 rings (SSSR count). The van der Waals surface area contributed by atoms with Crippen LogP contribution in [0.5, 0.6) is 0 Å². The van der Waals surface area contributed by atoms with Crippen molar-refractivity contribution in [2.24, 2.45) is 11.8 Å². The van der Waals surface area contributed by atoms with Crippen molar-refractivity contribution in [3.63, 3.8) is 0 Å². The zero-order valence-electron chi connectivity index (χ0n) is 13.6. The van der Waals surface area contributed by atoms with E-state index in [-0.39, 0.29) is 42.0 Å². The molecular weight excluding hydrogens is 457 g/mol. The molecule has 2 aromatic carbocycles. The molecule has 3 N–H and O–H groups in total. The molecule has 0 heterocycles. The fraction of sp³-hybridized carbons (Fsp3) is 0.278. The maximum atomic E-state index is 14.2. The zero-order chi connectivity index (χ0) is 18.7. The van der Waals surface area contributed by atoms with Crippen LogP contribution in [-0.4, -0.2) is 24.2 Å². The number of rotatable bonds is 7. The Morgan fingerprint density at radius 3 is 2.73 bits per heavy atom. The molecule has 138 valence electrons. The van der Waals surface area contributed by atoms with Gasteiger partial charge in [0.1, 0.15) is 11.6 Å². The van der Waals surface area contributed by atoms with Crippen LogP contribution in [0.15, 0.2) is 36.4 Å². The molecule has 0 saturated heterocycles. The number of aliphatic hydroxyl groups is 1. The van der Waals surface area contributed by atoms with E-state index in [1.807, 2.05) is 22.6 Å². The van der Waals surface area contributed by atoms with Gasteiger partial charge in [-0.3, -0.25) is 9.63 Å². The number of halogens is 3. The van der Waals surface area contributed by atoms with Gasteiger partial charge in [-0.2, -0.15) is 0 Å². The van der Waals surface area contributed by atoms with Gasteiger partial charge in [0.15, 0.2) is 0 Å². The third-order valence-corrected chi connectivity index (χ3v) is 4.89. The summed E-state index contributed by atoms with van der Waals surface area (Å²) in [5, 5.41) is 11.6. The summed E-state index contributed by atoms with van der Waals surface area (Å²) in [6.07, 6.45) is 0.852. The van der Waals surface area contributed by atoms with Crippen molar-refractivity contribution < 1.29 is 23.5 Å². The molecule has 2 unspecified atom stereocenters. The molecule has 1 aliphatic carbocycles. The van der Waals surface area contributed by atoms with Gasteiger partial charge in [0.2, 0.25) is 0 Å². The molecule has 1 amide bonds. The van der Waals surface area contributed by atoms with E-state index in [1.54, 1.807) is 6.07 Å². The number of anilines is 2. The second-order valence-electron chi connectivity index (χ2n) is 6.09. The average Bonchev–Trinajstić information content (AvgIpc) is 3.37. The lowest BCUT2D eigenvalue weighted by atomic mass is 10.1. The number of hydrogen-bond donors (Lipinski definition) is 3. The van der Waals surface area contributed by atoms with E-state index >= 15 is 0 Å². The van der Waals surface area contributed by atoms with Crippen molar-refractivity contribution >= 4 is 39.9 Å². The first-order valence-electron chi connectivity index (χ1n) is 8.03. The SMILES string of the molecule is O=C(NOCC1CC1CO)c1cccc(F)c1Nc1ccc(I)cc1F. The number of benzene rings is 2. The van der Waals surface area contributed by atoms with Crippen molar-refractivity contribution in [1.82, 2.24) is 5.48 Å². The molecular formula is C18H17F2IN2O3. The number of hydrogen-bond acceptors (Lipinski definition) is 4. The molecule has 0 spiro atoms. The quantitative estimate of drug-likeness (QED) is 0.424. The molecule has 0 radical (unpaired) electrons. The second kappa shape index (κ2) is 8.28. The van der Waals surface area contributed by atoms with Crippen molar-refractivity contribution in [3.8, 4) is 0 Å². The smallest absolute Gasteiger partial charge is 0.277 e. The number of carbonyl (C=O) groups is 1. The summed E-state index contributed by atoms with van der Waals surface area (Å²) < 4.78 is 29.0. The van der Waals surface area contributed by atoms with Gasteiger partial charge in [0, 0.05) is 10.2 Å². The molecule has 2 aromatic rings. The molecule has 26 heavy (non-hydrogen) atoms. The lowest BCUT2D eigenvalue weighted by Crippen LogP contribution is -2.26. The summed E-state index contributed by atoms with van der Waals surface area (Å²) >= 11 is 1.97. The first-order valence-corrected chi connectivity index (χ1v) is 9.11. The lowest BCUT2D eigenvalue weighted by molar-refractivity contribution is 0.0248. The number of aliphatic hydroxyl groups excluding tert-OH is 1. The highest BCUT2D eigenvalue weighted by Gasteiger charge is 2.36. The minimum absolute atomic E-state index is 0.00236. The van der Waals surface area contributed by atoms with E-state index in [0.29, 0.717) is 3.57 Å². The zero-order valence-corrected chi connectivity index (χ0v) is 15.8. The van der Waals surface area contributed by atoms with Crippen LogP contribution in [0.3, 0.4) is 0 Å². The van der Waals surface area contributed by atoms with Gasteiger partial charge in [0.25, 0.3) is 5.91 Å². The highest BCUT2D eigenvalue weighted by molar-refractivity contribution is 14.1. The van der Waals surface area contributed by atoms with E-state index in [4.69, 9.17) is 9.94 Å². The first-order chi connectivity index (χ1) is 12.5. The number of hydroxylamine groups is 1. The van der Waals surface area contributed by atoms with E-state index in [9.17, 15) is 13.6 Å². The number of para-hydroxylation sites is 1. The Kier molecular flexibility index (Phi) is 6.05. The molecule has 1 aliphatic rings. The number of amides is 1. The van der Waals surface area contributed by atoms with Gasteiger partial charge in [-0.1, -0.05) is 6.07 Å². The van der Waals surface area contributed by atoms with Gasteiger partial charge >= 0.3 is 0 Å². The number of carbonyl (C=O) groups excluding carboxylic acids is 1. The molecule has 0 aromatic heterocycles. The minimum atomic E-state index is -0.682. The van der Waals surface area contributed by atoms with Crippen LogP contribution in [0.4, 0.5) is 20.2 Å². The Morgan fingerprint density at radius 1 is 1.23 bits per heavy atom. The predicted molar refractivity (Wildman–Crippen MR) is 101 cm³/mol. The molecule has 8 heteroatoms. The molecule has 1 fully saturated rings. The topological polar surface area (TPSA) is 70.6 Å². The number of nitrogens with one attached hydrogen (secondary N) is 2. The van der Waals surface area contributed by atoms with Crippen LogP contribution in [0.1, 0.15) is 16.8 Å². The summed E-state index contributed by atoms with van der Waals surface area (Å²) in [4.78, 5) is 17.5. The minimum Gasteiger partial charge on any atom is -0.396 e. The lowest BCUT2D eigenvalue weighted by Gasteiger charge is -2.14. The highest BCUT2D eigenvalue weighted by atomic mass is 127. The van der Waals surface area contributed by atoms with Crippen molar-refractivity contribution in [3.05, 3.63) is 57.2 Å². The van der Waals surface area contributed by atoms with E-state index in [1.165, 1.54) is 30.3 Å². The Bertz CT molecular complexity index is 819. The largest absolute Gasteiger partial charge is 0.396 e. The van der Waals surface area contributed by atoms with Gasteiger partial charge in [-0.15, -0.1) is 0 Å². The Balaban J connectivity index is 1.71. The average molecular weight is 474 g/mol. The van der Waals surface area contributed by atoms with Crippen LogP contribution in [-0.2, 0) is 4.84 Å². The predicted octanol–water partition coefficient (Wildman–Crippen LogP) is 3.60. The fourth-order valence-corrected chi connectivity index (χ4v) is 3.03. The third-order valence-electron chi connectivity index (χ3n) is 4.21. The van der Waals surface area contributed by atoms with Crippen LogP contribution < -0.4 is 10.8 Å². The molecule has 2 atom stereocenters. The maximum absolute atomic E-state index is 14.2. The van der Waals surface area contributed by atoms with Gasteiger partial charge in [-0.25, -0.2) is 14.3 Å². The van der Waals surface area contributed by atoms with E-state index in [2.05, 4.69) is 10.8 Å². The summed E-state index contributed by atoms with van der Waals surface area (Å²) in [6, 6.07) is 8.44. The Labute approximate surface area is 162 Å². The summed E-state index contributed by atoms with van der Waals surface area (Å²) in [5.41, 5.74) is 2.20. The van der Waals surface area contributed by atoms with Crippen LogP contribution >= 0.6 is 22.6 Å². The van der Waals surface area contributed by atoms with E-state index < -0.39 is 17.5 Å². The van der Waals surface area contributed by atoms with Crippen LogP contribution in [0, 0.1) is 27.0 Å². The standard InChI is InChI=1S/C18H17F2IN2O3/c19-14-3-1-2-13(18(25)23-26-9-11-6-10(11)8-24)17(14)22-16-5-4-12(21)7-15(16)20/h1-5,7,10-11,22,24H,6,8-9H2,(H,23,25). The van der Waals surface area contributed by atoms with Crippen molar-refractivity contribution in [2.45, 2.75) is 6.42 Å². The molecule has 0 bridgehead atoms. The second-order valence-corrected chi connectivity index (χ2v) is 7.34. The third kappa shape index (κ3) is 4.49. The monoisotopic (exact) mass is 474 g/mol. The Hall–Kier alpha value is -1.78. The molecule has 0 aliphatic heterocycles. The van der Waals surface area contributed by atoms with Crippen LogP contribution in [0.2, 0.25) is 0 Å². The van der Waals surface area contributed by atoms with Gasteiger partial charge in [0.05, 0.1) is 23.5 Å². The maximum Gasteiger partial charge on any atom is 0.277 e. The first kappa shape index (κ1) is 19.0. The summed E-state index contributed by atoms with van der Waals surface area (Å²) in [5.74, 6) is -1.45. The van der Waals surface area contributed by atoms with E-state index in [0.717, 1.165) is 6.42 Å². The highest BCUT2D eigenvalue weighted by Crippen LogP contribution is 2.37. The van der Waals surface area contributed by atoms with Crippen LogP contribution in [0.25, 0.3) is 0 Å². The summed E-state index contributed by atoms with van der Waals surface area (Å²) in [7, 11) is 0. The van der Waals surface area contributed by atoms with Crippen molar-refractivity contribution in [2.75, 3.05) is 18.5 Å².